The summed E-state index contributed by atoms with van der Waals surface area (Å²) in [6.07, 6.45) is 6.93. The Labute approximate surface area is 148 Å². The number of carbonyl (C=O) groups excluding carboxylic acids is 2. The molecule has 0 radical (unpaired) electrons. The van der Waals surface area contributed by atoms with Crippen LogP contribution in [0.25, 0.3) is 5.57 Å². The molecule has 1 heterocycles. The summed E-state index contributed by atoms with van der Waals surface area (Å²) < 4.78 is 0. The topological polar surface area (TPSA) is 69.6 Å². The van der Waals surface area contributed by atoms with Crippen molar-refractivity contribution in [1.29, 1.82) is 0 Å². The van der Waals surface area contributed by atoms with Crippen molar-refractivity contribution in [3.63, 3.8) is 0 Å². The maximum absolute atomic E-state index is 12.6. The van der Waals surface area contributed by atoms with Gasteiger partial charge in [0, 0.05) is 19.0 Å². The smallest absolute Gasteiger partial charge is 0.245 e. The van der Waals surface area contributed by atoms with Gasteiger partial charge in [-0.2, -0.15) is 0 Å². The predicted octanol–water partition coefficient (Wildman–Crippen LogP) is 2.70. The quantitative estimate of drug-likeness (QED) is 0.884. The molecule has 1 aromatic rings. The van der Waals surface area contributed by atoms with E-state index in [1.807, 2.05) is 12.1 Å². The van der Waals surface area contributed by atoms with Gasteiger partial charge in [-0.15, -0.1) is 0 Å². The fourth-order valence-corrected chi connectivity index (χ4v) is 3.66. The number of benzene rings is 1. The van der Waals surface area contributed by atoms with Crippen LogP contribution in [0.2, 0.25) is 0 Å². The first-order valence-corrected chi connectivity index (χ1v) is 9.12. The van der Waals surface area contributed by atoms with Crippen LogP contribution in [0.15, 0.2) is 30.3 Å². The lowest BCUT2D eigenvalue weighted by Gasteiger charge is -2.29. The lowest BCUT2D eigenvalue weighted by atomic mass is 9.99. The van der Waals surface area contributed by atoms with Crippen LogP contribution in [0.5, 0.6) is 5.75 Å². The number of carbonyl (C=O) groups is 2. The second-order valence-electron chi connectivity index (χ2n) is 7.02. The van der Waals surface area contributed by atoms with E-state index >= 15 is 0 Å². The summed E-state index contributed by atoms with van der Waals surface area (Å²) in [6.45, 7) is 2.97. The van der Waals surface area contributed by atoms with Crippen molar-refractivity contribution >= 4 is 17.4 Å². The van der Waals surface area contributed by atoms with E-state index in [4.69, 9.17) is 0 Å². The first kappa shape index (κ1) is 17.5. The molecular weight excluding hydrogens is 316 g/mol. The molecular formula is C20H26N2O3. The number of nitrogens with zero attached hydrogens (tertiary/aromatic N) is 1. The Balaban J connectivity index is 1.55. The van der Waals surface area contributed by atoms with Gasteiger partial charge in [-0.3, -0.25) is 9.59 Å². The molecule has 0 saturated heterocycles. The minimum atomic E-state index is -0.475. The molecule has 5 nitrogen and oxygen atoms in total. The lowest BCUT2D eigenvalue weighted by Crippen LogP contribution is -2.49. The van der Waals surface area contributed by atoms with Crippen LogP contribution in [0, 0.1) is 5.92 Å². The SMILES string of the molecule is C[C@H](NC(=O)C1CCCC1)C(=O)N1CC=C(c2ccc(O)cc2)CC1. The van der Waals surface area contributed by atoms with Gasteiger partial charge < -0.3 is 15.3 Å². The van der Waals surface area contributed by atoms with E-state index in [9.17, 15) is 14.7 Å². The molecule has 3 rings (SSSR count). The Morgan fingerprint density at radius 1 is 1.20 bits per heavy atom. The summed E-state index contributed by atoms with van der Waals surface area (Å²) >= 11 is 0. The average Bonchev–Trinajstić information content (AvgIpc) is 3.17. The Hall–Kier alpha value is -2.30. The summed E-state index contributed by atoms with van der Waals surface area (Å²) in [7, 11) is 0. The minimum absolute atomic E-state index is 0.0210. The lowest BCUT2D eigenvalue weighted by molar-refractivity contribution is -0.136. The zero-order valence-electron chi connectivity index (χ0n) is 14.7. The van der Waals surface area contributed by atoms with E-state index in [1.54, 1.807) is 24.0 Å². The highest BCUT2D eigenvalue weighted by Crippen LogP contribution is 2.26. The summed E-state index contributed by atoms with van der Waals surface area (Å²) in [4.78, 5) is 26.6. The number of hydrogen-bond acceptors (Lipinski definition) is 3. The Morgan fingerprint density at radius 3 is 2.48 bits per heavy atom. The zero-order chi connectivity index (χ0) is 17.8. The van der Waals surface area contributed by atoms with Crippen molar-refractivity contribution in [2.24, 2.45) is 5.92 Å². The normalized spacial score (nSPS) is 19.4. The average molecular weight is 342 g/mol. The first-order chi connectivity index (χ1) is 12.0. The van der Waals surface area contributed by atoms with Gasteiger partial charge in [0.25, 0.3) is 0 Å². The molecule has 134 valence electrons. The standard InChI is InChI=1S/C20H26N2O3/c1-14(21-19(24)17-4-2-3-5-17)20(25)22-12-10-16(11-13-22)15-6-8-18(23)9-7-15/h6-10,14,17,23H,2-5,11-13H2,1H3,(H,21,24)/t14-/m0/s1. The van der Waals surface area contributed by atoms with E-state index < -0.39 is 6.04 Å². The summed E-state index contributed by atoms with van der Waals surface area (Å²) in [5, 5.41) is 12.3. The van der Waals surface area contributed by atoms with E-state index in [0.717, 1.165) is 37.7 Å². The Bertz CT molecular complexity index is 660. The molecule has 2 amide bonds. The van der Waals surface area contributed by atoms with E-state index in [1.165, 1.54) is 5.57 Å². The summed E-state index contributed by atoms with van der Waals surface area (Å²) in [5.74, 6) is 0.337. The van der Waals surface area contributed by atoms with Crippen molar-refractivity contribution < 1.29 is 14.7 Å². The second-order valence-corrected chi connectivity index (χ2v) is 7.02. The minimum Gasteiger partial charge on any atom is -0.508 e. The molecule has 1 saturated carbocycles. The molecule has 25 heavy (non-hydrogen) atoms. The third-order valence-electron chi connectivity index (χ3n) is 5.21. The number of aromatic hydroxyl groups is 1. The fourth-order valence-electron chi connectivity index (χ4n) is 3.66. The number of hydrogen-bond donors (Lipinski definition) is 2. The Kier molecular flexibility index (Phi) is 5.41. The molecule has 1 aromatic carbocycles. The highest BCUT2D eigenvalue weighted by Gasteiger charge is 2.28. The van der Waals surface area contributed by atoms with Crippen molar-refractivity contribution in [2.75, 3.05) is 13.1 Å². The molecule has 1 aliphatic carbocycles. The molecule has 0 unspecified atom stereocenters. The van der Waals surface area contributed by atoms with Crippen LogP contribution in [0.1, 0.15) is 44.6 Å². The molecule has 1 atom stereocenters. The highest BCUT2D eigenvalue weighted by atomic mass is 16.3. The van der Waals surface area contributed by atoms with Gasteiger partial charge in [0.15, 0.2) is 0 Å². The molecule has 2 N–H and O–H groups in total. The number of nitrogens with one attached hydrogen (secondary N) is 1. The molecule has 1 fully saturated rings. The number of phenols is 1. The van der Waals surface area contributed by atoms with Gasteiger partial charge in [0.1, 0.15) is 11.8 Å². The van der Waals surface area contributed by atoms with Crippen LogP contribution in [-0.4, -0.2) is 41.0 Å². The van der Waals surface area contributed by atoms with Gasteiger partial charge in [-0.1, -0.05) is 31.1 Å². The van der Waals surface area contributed by atoms with E-state index in [2.05, 4.69) is 11.4 Å². The van der Waals surface area contributed by atoms with Crippen molar-refractivity contribution in [2.45, 2.75) is 45.1 Å². The molecule has 0 spiro atoms. The van der Waals surface area contributed by atoms with Crippen LogP contribution in [-0.2, 0) is 9.59 Å². The van der Waals surface area contributed by atoms with E-state index in [0.29, 0.717) is 13.1 Å². The van der Waals surface area contributed by atoms with Crippen LogP contribution in [0.3, 0.4) is 0 Å². The van der Waals surface area contributed by atoms with Gasteiger partial charge in [0.05, 0.1) is 0 Å². The van der Waals surface area contributed by atoms with Gasteiger partial charge in [0.2, 0.25) is 11.8 Å². The molecule has 0 bridgehead atoms. The van der Waals surface area contributed by atoms with Crippen LogP contribution in [0.4, 0.5) is 0 Å². The number of amides is 2. The van der Waals surface area contributed by atoms with Gasteiger partial charge in [-0.25, -0.2) is 0 Å². The third kappa shape index (κ3) is 4.21. The number of rotatable bonds is 4. The second kappa shape index (κ2) is 7.72. The fraction of sp³-hybridized carbons (Fsp3) is 0.500. The number of phenolic OH excluding ortho intramolecular Hbond substituents is 1. The Morgan fingerprint density at radius 2 is 1.88 bits per heavy atom. The van der Waals surface area contributed by atoms with Gasteiger partial charge >= 0.3 is 0 Å². The van der Waals surface area contributed by atoms with Gasteiger partial charge in [-0.05, 0) is 49.5 Å². The summed E-state index contributed by atoms with van der Waals surface area (Å²) in [6, 6.07) is 6.66. The molecule has 0 aromatic heterocycles. The largest absolute Gasteiger partial charge is 0.508 e. The first-order valence-electron chi connectivity index (χ1n) is 9.12. The maximum atomic E-state index is 12.6. The zero-order valence-corrected chi connectivity index (χ0v) is 14.7. The monoisotopic (exact) mass is 342 g/mol. The summed E-state index contributed by atoms with van der Waals surface area (Å²) in [5.41, 5.74) is 2.26. The van der Waals surface area contributed by atoms with Crippen molar-refractivity contribution in [3.05, 3.63) is 35.9 Å². The maximum Gasteiger partial charge on any atom is 0.245 e. The predicted molar refractivity (Wildman–Crippen MR) is 96.8 cm³/mol. The van der Waals surface area contributed by atoms with Crippen LogP contribution >= 0.6 is 0 Å². The third-order valence-corrected chi connectivity index (χ3v) is 5.21. The van der Waals surface area contributed by atoms with E-state index in [-0.39, 0.29) is 23.5 Å². The molecule has 1 aliphatic heterocycles. The highest BCUT2D eigenvalue weighted by molar-refractivity contribution is 5.88. The van der Waals surface area contributed by atoms with Crippen molar-refractivity contribution in [3.8, 4) is 5.75 Å². The van der Waals surface area contributed by atoms with Crippen LogP contribution < -0.4 is 5.32 Å². The molecule has 2 aliphatic rings. The molecule has 5 heteroatoms. The van der Waals surface area contributed by atoms with Crippen molar-refractivity contribution in [1.82, 2.24) is 10.2 Å².